The average Bonchev–Trinajstić information content (AvgIpc) is 2.99. The number of carbonyl (C=O) groups is 2. The summed E-state index contributed by atoms with van der Waals surface area (Å²) in [6.07, 6.45) is 4.44. The predicted octanol–water partition coefficient (Wildman–Crippen LogP) is 2.05. The lowest BCUT2D eigenvalue weighted by atomic mass is 10.1. The fraction of sp³-hybridized carbons (Fsp3) is 0.706. The van der Waals surface area contributed by atoms with Gasteiger partial charge in [-0.05, 0) is 33.6 Å². The summed E-state index contributed by atoms with van der Waals surface area (Å²) >= 11 is 0. The van der Waals surface area contributed by atoms with Crippen molar-refractivity contribution >= 4 is 17.8 Å². The summed E-state index contributed by atoms with van der Waals surface area (Å²) in [5, 5.41) is 9.86. The highest BCUT2D eigenvalue weighted by atomic mass is 16.6. The summed E-state index contributed by atoms with van der Waals surface area (Å²) in [4.78, 5) is 25.8. The Morgan fingerprint density at radius 1 is 1.31 bits per heavy atom. The van der Waals surface area contributed by atoms with Crippen LogP contribution in [0, 0.1) is 0 Å². The number of methoxy groups -OCH3 is 1. The standard InChI is InChI=1S/C17H29N5O4/c1-17(2,3)26-16(24)21-7-5-13(6-8-21)19-15(23)20-14-11-18-22(12-14)9-10-25-4/h11-13H,5-10H2,1-4H3,(H2,19,20,23). The van der Waals surface area contributed by atoms with E-state index < -0.39 is 5.60 Å². The lowest BCUT2D eigenvalue weighted by Gasteiger charge is -2.33. The molecular weight excluding hydrogens is 338 g/mol. The lowest BCUT2D eigenvalue weighted by molar-refractivity contribution is 0.0202. The molecule has 0 aromatic carbocycles. The maximum Gasteiger partial charge on any atom is 0.410 e. The van der Waals surface area contributed by atoms with E-state index in [1.165, 1.54) is 0 Å². The van der Waals surface area contributed by atoms with Crippen LogP contribution in [-0.4, -0.2) is 65.3 Å². The van der Waals surface area contributed by atoms with Crippen molar-refractivity contribution in [2.45, 2.75) is 51.8 Å². The molecule has 0 spiro atoms. The highest BCUT2D eigenvalue weighted by Crippen LogP contribution is 2.15. The molecule has 9 nitrogen and oxygen atoms in total. The van der Waals surface area contributed by atoms with Crippen molar-refractivity contribution in [2.75, 3.05) is 32.1 Å². The number of aromatic nitrogens is 2. The first-order chi connectivity index (χ1) is 12.3. The third-order valence-electron chi connectivity index (χ3n) is 3.90. The van der Waals surface area contributed by atoms with Crippen LogP contribution < -0.4 is 10.6 Å². The van der Waals surface area contributed by atoms with Gasteiger partial charge in [-0.25, -0.2) is 9.59 Å². The SMILES string of the molecule is COCCn1cc(NC(=O)NC2CCN(C(=O)OC(C)(C)C)CC2)cn1. The van der Waals surface area contributed by atoms with Gasteiger partial charge in [0, 0.05) is 32.4 Å². The summed E-state index contributed by atoms with van der Waals surface area (Å²) in [5.41, 5.74) is 0.129. The molecule has 2 N–H and O–H groups in total. The molecule has 0 saturated carbocycles. The van der Waals surface area contributed by atoms with E-state index in [-0.39, 0.29) is 18.2 Å². The molecular formula is C17H29N5O4. The minimum absolute atomic E-state index is 0.0252. The number of hydrogen-bond donors (Lipinski definition) is 2. The van der Waals surface area contributed by atoms with Crippen molar-refractivity contribution in [2.24, 2.45) is 0 Å². The van der Waals surface area contributed by atoms with Crippen LogP contribution in [0.2, 0.25) is 0 Å². The number of nitrogens with one attached hydrogen (secondary N) is 2. The number of urea groups is 1. The van der Waals surface area contributed by atoms with E-state index >= 15 is 0 Å². The summed E-state index contributed by atoms with van der Waals surface area (Å²) in [7, 11) is 1.63. The van der Waals surface area contributed by atoms with Gasteiger partial charge in [0.15, 0.2) is 0 Å². The second-order valence-electron chi connectivity index (χ2n) is 7.33. The molecule has 0 aliphatic carbocycles. The van der Waals surface area contributed by atoms with Crippen LogP contribution in [0.3, 0.4) is 0 Å². The van der Waals surface area contributed by atoms with Crippen molar-refractivity contribution in [1.82, 2.24) is 20.0 Å². The number of nitrogens with zero attached hydrogens (tertiary/aromatic N) is 3. The van der Waals surface area contributed by atoms with Crippen LogP contribution in [0.4, 0.5) is 15.3 Å². The monoisotopic (exact) mass is 367 g/mol. The van der Waals surface area contributed by atoms with Gasteiger partial charge in [0.05, 0.1) is 25.0 Å². The number of rotatable bonds is 5. The quantitative estimate of drug-likeness (QED) is 0.830. The number of likely N-dealkylation sites (tertiary alicyclic amines) is 1. The van der Waals surface area contributed by atoms with Crippen LogP contribution >= 0.6 is 0 Å². The third kappa shape index (κ3) is 6.55. The normalized spacial score (nSPS) is 15.6. The molecule has 0 atom stereocenters. The van der Waals surface area contributed by atoms with Crippen molar-refractivity contribution in [3.05, 3.63) is 12.4 Å². The first-order valence-electron chi connectivity index (χ1n) is 8.83. The van der Waals surface area contributed by atoms with Gasteiger partial charge in [0.2, 0.25) is 0 Å². The maximum atomic E-state index is 12.1. The molecule has 1 aromatic heterocycles. The van der Waals surface area contributed by atoms with Crippen LogP contribution in [0.25, 0.3) is 0 Å². The first kappa shape index (κ1) is 20.0. The van der Waals surface area contributed by atoms with Gasteiger partial charge in [-0.2, -0.15) is 5.10 Å². The first-order valence-corrected chi connectivity index (χ1v) is 8.83. The molecule has 0 bridgehead atoms. The fourth-order valence-corrected chi connectivity index (χ4v) is 2.62. The molecule has 1 fully saturated rings. The molecule has 9 heteroatoms. The lowest BCUT2D eigenvalue weighted by Crippen LogP contribution is -2.48. The molecule has 146 valence electrons. The van der Waals surface area contributed by atoms with E-state index in [4.69, 9.17) is 9.47 Å². The van der Waals surface area contributed by atoms with Crippen LogP contribution in [0.1, 0.15) is 33.6 Å². The van der Waals surface area contributed by atoms with E-state index in [0.29, 0.717) is 44.8 Å². The van der Waals surface area contributed by atoms with Crippen molar-refractivity contribution in [3.8, 4) is 0 Å². The Morgan fingerprint density at radius 2 is 2.00 bits per heavy atom. The number of carbonyl (C=O) groups excluding carboxylic acids is 2. The largest absolute Gasteiger partial charge is 0.444 e. The van der Waals surface area contributed by atoms with Gasteiger partial charge in [-0.1, -0.05) is 0 Å². The number of ether oxygens (including phenoxy) is 2. The predicted molar refractivity (Wildman–Crippen MR) is 97.1 cm³/mol. The van der Waals surface area contributed by atoms with E-state index in [1.54, 1.807) is 29.1 Å². The number of hydrogen-bond acceptors (Lipinski definition) is 5. The number of amides is 3. The summed E-state index contributed by atoms with van der Waals surface area (Å²) in [6.45, 7) is 7.86. The summed E-state index contributed by atoms with van der Waals surface area (Å²) in [5.74, 6) is 0. The maximum absolute atomic E-state index is 12.1. The van der Waals surface area contributed by atoms with E-state index in [0.717, 1.165) is 0 Å². The Labute approximate surface area is 154 Å². The van der Waals surface area contributed by atoms with Crippen LogP contribution in [0.15, 0.2) is 12.4 Å². The molecule has 1 aliphatic heterocycles. The van der Waals surface area contributed by atoms with E-state index in [2.05, 4.69) is 15.7 Å². The molecule has 1 aromatic rings. The Bertz CT molecular complexity index is 603. The molecule has 0 unspecified atom stereocenters. The van der Waals surface area contributed by atoms with Gasteiger partial charge >= 0.3 is 12.1 Å². The molecule has 1 saturated heterocycles. The van der Waals surface area contributed by atoms with Gasteiger partial charge in [-0.15, -0.1) is 0 Å². The Balaban J connectivity index is 1.72. The zero-order chi connectivity index (χ0) is 19.2. The van der Waals surface area contributed by atoms with Crippen molar-refractivity contribution in [3.63, 3.8) is 0 Å². The number of piperidine rings is 1. The van der Waals surface area contributed by atoms with Gasteiger partial charge in [0.25, 0.3) is 0 Å². The van der Waals surface area contributed by atoms with Gasteiger partial charge < -0.3 is 25.0 Å². The van der Waals surface area contributed by atoms with Crippen LogP contribution in [-0.2, 0) is 16.0 Å². The summed E-state index contributed by atoms with van der Waals surface area (Å²) in [6, 6.07) is -0.246. The highest BCUT2D eigenvalue weighted by Gasteiger charge is 2.27. The zero-order valence-electron chi connectivity index (χ0n) is 15.9. The fourth-order valence-electron chi connectivity index (χ4n) is 2.62. The molecule has 0 radical (unpaired) electrons. The van der Waals surface area contributed by atoms with Crippen molar-refractivity contribution in [1.29, 1.82) is 0 Å². The molecule has 3 amide bonds. The molecule has 2 rings (SSSR count). The zero-order valence-corrected chi connectivity index (χ0v) is 15.9. The topological polar surface area (TPSA) is 97.7 Å². The Morgan fingerprint density at radius 3 is 2.62 bits per heavy atom. The second-order valence-corrected chi connectivity index (χ2v) is 7.33. The van der Waals surface area contributed by atoms with E-state index in [1.807, 2.05) is 20.8 Å². The average molecular weight is 367 g/mol. The summed E-state index contributed by atoms with van der Waals surface area (Å²) < 4.78 is 12.1. The minimum Gasteiger partial charge on any atom is -0.444 e. The van der Waals surface area contributed by atoms with Gasteiger partial charge in [-0.3, -0.25) is 4.68 Å². The third-order valence-corrected chi connectivity index (χ3v) is 3.90. The second kappa shape index (κ2) is 8.88. The van der Waals surface area contributed by atoms with Crippen LogP contribution in [0.5, 0.6) is 0 Å². The molecule has 1 aliphatic rings. The molecule has 26 heavy (non-hydrogen) atoms. The molecule has 2 heterocycles. The van der Waals surface area contributed by atoms with E-state index in [9.17, 15) is 9.59 Å². The Hall–Kier alpha value is -2.29. The van der Waals surface area contributed by atoms with Crippen molar-refractivity contribution < 1.29 is 19.1 Å². The Kier molecular flexibility index (Phi) is 6.84. The minimum atomic E-state index is -0.500. The number of anilines is 1. The highest BCUT2D eigenvalue weighted by molar-refractivity contribution is 5.89. The smallest absolute Gasteiger partial charge is 0.410 e. The van der Waals surface area contributed by atoms with Gasteiger partial charge in [0.1, 0.15) is 5.60 Å².